The van der Waals surface area contributed by atoms with Gasteiger partial charge in [-0.05, 0) is 57.1 Å². The van der Waals surface area contributed by atoms with Crippen LogP contribution in [0.5, 0.6) is 0 Å². The van der Waals surface area contributed by atoms with Crippen molar-refractivity contribution in [1.29, 1.82) is 0 Å². The quantitative estimate of drug-likeness (QED) is 0.0471. The lowest BCUT2D eigenvalue weighted by molar-refractivity contribution is -0.117. The van der Waals surface area contributed by atoms with Gasteiger partial charge in [-0.25, -0.2) is 0 Å². The van der Waals surface area contributed by atoms with Gasteiger partial charge in [0.25, 0.3) is 0 Å². The summed E-state index contributed by atoms with van der Waals surface area (Å²) in [4.78, 5) is 0. The average molecular weight is 559 g/mol. The standard InChI is InChI=1S/C24H54O4S3Si2/c1-7-13-15-21-32-23(25-17-9-3,26-18-10-4)29-31-30-24(27-19-11-5,28-20-12-6)33-22-16-14-8-2/h7-22,32-33H2,1-6H3. The number of unbranched alkanes of at least 4 members (excludes halogenated alkanes) is 4. The lowest BCUT2D eigenvalue weighted by Gasteiger charge is -2.36. The summed E-state index contributed by atoms with van der Waals surface area (Å²) >= 11 is 0. The minimum atomic E-state index is -0.547. The second kappa shape index (κ2) is 23.7. The summed E-state index contributed by atoms with van der Waals surface area (Å²) in [6, 6.07) is 2.55. The molecule has 0 aromatic rings. The van der Waals surface area contributed by atoms with Crippen molar-refractivity contribution in [3.05, 3.63) is 0 Å². The zero-order valence-electron chi connectivity index (χ0n) is 22.6. The average Bonchev–Trinajstić information content (AvgIpc) is 2.83. The maximum Gasteiger partial charge on any atom is 0.200 e. The normalized spacial score (nSPS) is 13.3. The minimum Gasteiger partial charge on any atom is -0.345 e. The molecule has 0 N–H and O–H groups in total. The van der Waals surface area contributed by atoms with Gasteiger partial charge in [-0.2, -0.15) is 0 Å². The van der Waals surface area contributed by atoms with Gasteiger partial charge < -0.3 is 18.9 Å². The summed E-state index contributed by atoms with van der Waals surface area (Å²) < 4.78 is 24.9. The first-order valence-electron chi connectivity index (χ1n) is 13.7. The largest absolute Gasteiger partial charge is 0.345 e. The maximum atomic E-state index is 6.45. The van der Waals surface area contributed by atoms with Crippen molar-refractivity contribution in [1.82, 2.24) is 0 Å². The van der Waals surface area contributed by atoms with Crippen LogP contribution in [-0.4, -0.2) is 55.0 Å². The molecule has 0 aliphatic rings. The van der Waals surface area contributed by atoms with Crippen LogP contribution in [0.25, 0.3) is 0 Å². The Labute approximate surface area is 222 Å². The third-order valence-electron chi connectivity index (χ3n) is 5.10. The molecule has 0 radical (unpaired) electrons. The molecule has 0 amide bonds. The van der Waals surface area contributed by atoms with E-state index in [0.717, 1.165) is 52.1 Å². The minimum absolute atomic E-state index is 0.442. The highest BCUT2D eigenvalue weighted by Crippen LogP contribution is 2.51. The van der Waals surface area contributed by atoms with E-state index in [1.807, 2.05) is 0 Å². The Morgan fingerprint density at radius 1 is 0.485 bits per heavy atom. The molecule has 33 heavy (non-hydrogen) atoms. The molecule has 0 atom stereocenters. The molecule has 0 bridgehead atoms. The lowest BCUT2D eigenvalue weighted by atomic mass is 10.3. The van der Waals surface area contributed by atoms with E-state index in [-0.39, 0.29) is 0 Å². The Balaban J connectivity index is 5.31. The van der Waals surface area contributed by atoms with Crippen molar-refractivity contribution >= 4 is 50.5 Å². The summed E-state index contributed by atoms with van der Waals surface area (Å²) in [5, 5.41) is 0. The fraction of sp³-hybridized carbons (Fsp3) is 1.00. The molecular formula is C24H54O4S3Si2. The van der Waals surface area contributed by atoms with Crippen LogP contribution in [0.4, 0.5) is 0 Å². The van der Waals surface area contributed by atoms with Gasteiger partial charge in [0.15, 0.2) is 0 Å². The van der Waals surface area contributed by atoms with Crippen LogP contribution in [0.15, 0.2) is 0 Å². The molecule has 0 aromatic carbocycles. The molecule has 0 heterocycles. The van der Waals surface area contributed by atoms with Gasteiger partial charge in [-0.15, -0.1) is 0 Å². The summed E-state index contributed by atoms with van der Waals surface area (Å²) in [6.45, 7) is 16.3. The van der Waals surface area contributed by atoms with Gasteiger partial charge in [0, 0.05) is 0 Å². The van der Waals surface area contributed by atoms with Crippen molar-refractivity contribution in [2.75, 3.05) is 26.4 Å². The fourth-order valence-electron chi connectivity index (χ4n) is 3.24. The van der Waals surface area contributed by atoms with Crippen molar-refractivity contribution in [3.63, 3.8) is 0 Å². The predicted octanol–water partition coefficient (Wildman–Crippen LogP) is 7.50. The van der Waals surface area contributed by atoms with E-state index in [0.29, 0.717) is 0 Å². The van der Waals surface area contributed by atoms with Crippen LogP contribution in [0, 0.1) is 0 Å². The van der Waals surface area contributed by atoms with Crippen LogP contribution in [0.3, 0.4) is 0 Å². The van der Waals surface area contributed by atoms with Gasteiger partial charge in [0.2, 0.25) is 9.48 Å². The molecule has 0 saturated heterocycles. The molecule has 0 spiro atoms. The highest BCUT2D eigenvalue weighted by molar-refractivity contribution is 9.10. The Hall–Kier alpha value is 1.32. The SMILES string of the molecule is CCCCC[SiH2]C(OCCC)(OCCC)SSSC(OCCC)(OCCC)[SiH2]CCCCC. The molecule has 4 nitrogen and oxygen atoms in total. The first-order valence-corrected chi connectivity index (χ1v) is 20.6. The molecule has 0 fully saturated rings. The summed E-state index contributed by atoms with van der Waals surface area (Å²) in [7, 11) is 4.31. The molecule has 0 aliphatic heterocycles. The van der Waals surface area contributed by atoms with Crippen molar-refractivity contribution in [3.8, 4) is 0 Å². The second-order valence-corrected chi connectivity index (χ2v) is 18.3. The van der Waals surface area contributed by atoms with Gasteiger partial charge >= 0.3 is 0 Å². The third kappa shape index (κ3) is 17.4. The molecule has 9 heteroatoms. The van der Waals surface area contributed by atoms with Gasteiger partial charge in [-0.3, -0.25) is 0 Å². The smallest absolute Gasteiger partial charge is 0.200 e. The van der Waals surface area contributed by atoms with E-state index >= 15 is 0 Å². The zero-order chi connectivity index (χ0) is 24.7. The van der Waals surface area contributed by atoms with E-state index in [2.05, 4.69) is 41.5 Å². The highest BCUT2D eigenvalue weighted by atomic mass is 33.5. The fourth-order valence-corrected chi connectivity index (χ4v) is 16.3. The van der Waals surface area contributed by atoms with Gasteiger partial charge in [0.05, 0.1) is 26.4 Å². The molecule has 0 rings (SSSR count). The second-order valence-electron chi connectivity index (χ2n) is 8.62. The van der Waals surface area contributed by atoms with Crippen LogP contribution in [-0.2, 0) is 18.9 Å². The molecule has 200 valence electrons. The van der Waals surface area contributed by atoms with E-state index in [9.17, 15) is 0 Å². The number of ether oxygens (including phenoxy) is 4. The van der Waals surface area contributed by atoms with Crippen LogP contribution in [0.2, 0.25) is 12.1 Å². The van der Waals surface area contributed by atoms with Gasteiger partial charge in [-0.1, -0.05) is 92.2 Å². The molecule has 0 aromatic heterocycles. The first-order chi connectivity index (χ1) is 16.1. The summed E-state index contributed by atoms with van der Waals surface area (Å²) in [5.74, 6) is 0. The Morgan fingerprint density at radius 3 is 1.09 bits per heavy atom. The molecule has 0 saturated carbocycles. The first kappa shape index (κ1) is 34.3. The van der Waals surface area contributed by atoms with Crippen molar-refractivity contribution in [2.24, 2.45) is 0 Å². The highest BCUT2D eigenvalue weighted by Gasteiger charge is 2.38. The monoisotopic (exact) mass is 558 g/mol. The lowest BCUT2D eigenvalue weighted by Crippen LogP contribution is -2.40. The molecule has 0 unspecified atom stereocenters. The summed E-state index contributed by atoms with van der Waals surface area (Å²) in [6.07, 6.45) is 11.8. The van der Waals surface area contributed by atoms with E-state index < -0.39 is 28.5 Å². The number of rotatable bonds is 26. The number of hydrogen-bond donors (Lipinski definition) is 0. The van der Waals surface area contributed by atoms with Crippen molar-refractivity contribution < 1.29 is 18.9 Å². The Morgan fingerprint density at radius 2 is 0.818 bits per heavy atom. The third-order valence-corrected chi connectivity index (χ3v) is 16.5. The van der Waals surface area contributed by atoms with Crippen LogP contribution < -0.4 is 0 Å². The zero-order valence-corrected chi connectivity index (χ0v) is 27.9. The van der Waals surface area contributed by atoms with Crippen LogP contribution in [0.1, 0.15) is 106 Å². The molecule has 0 aliphatic carbocycles. The van der Waals surface area contributed by atoms with Crippen molar-refractivity contribution in [2.45, 2.75) is 127 Å². The Kier molecular flexibility index (Phi) is 24.7. The predicted molar refractivity (Wildman–Crippen MR) is 159 cm³/mol. The van der Waals surface area contributed by atoms with Crippen LogP contribution >= 0.6 is 31.4 Å². The van der Waals surface area contributed by atoms with E-state index in [1.165, 1.54) is 50.6 Å². The van der Waals surface area contributed by atoms with E-state index in [4.69, 9.17) is 18.9 Å². The summed E-state index contributed by atoms with van der Waals surface area (Å²) in [5.41, 5.74) is 0. The van der Waals surface area contributed by atoms with E-state index in [1.54, 1.807) is 31.4 Å². The topological polar surface area (TPSA) is 36.9 Å². The number of hydrogen-bond acceptors (Lipinski definition) is 7. The van der Waals surface area contributed by atoms with Gasteiger partial charge in [0.1, 0.15) is 19.0 Å². The maximum absolute atomic E-state index is 6.45. The Bertz CT molecular complexity index is 371. The molecular weight excluding hydrogens is 505 g/mol.